The van der Waals surface area contributed by atoms with E-state index in [1.165, 1.54) is 11.1 Å². The second-order valence-corrected chi connectivity index (χ2v) is 21.3. The maximum atomic E-state index is 13.0. The number of nitrogens with zero attached hydrogens (tertiary/aromatic N) is 8. The first-order valence-corrected chi connectivity index (χ1v) is 27.0. The Labute approximate surface area is 452 Å². The zero-order valence-corrected chi connectivity index (χ0v) is 45.6. The molecule has 4 fully saturated rings. The van der Waals surface area contributed by atoms with E-state index in [-0.39, 0.29) is 59.3 Å². The number of imidazole rings is 2. The Hall–Kier alpha value is -7.63. The number of esters is 1. The van der Waals surface area contributed by atoms with Gasteiger partial charge in [0.25, 0.3) is 0 Å². The first kappa shape index (κ1) is 57.1. The molecule has 3 aliphatic heterocycles. The van der Waals surface area contributed by atoms with E-state index in [1.54, 1.807) is 93.2 Å². The fourth-order valence-corrected chi connectivity index (χ4v) is 10.5. The molecule has 18 heteroatoms. The molecule has 3 aromatic carbocycles. The lowest BCUT2D eigenvalue weighted by Crippen LogP contribution is -2.68. The van der Waals surface area contributed by atoms with Crippen molar-refractivity contribution in [3.63, 3.8) is 0 Å². The summed E-state index contributed by atoms with van der Waals surface area (Å²) in [6, 6.07) is 27.7. The van der Waals surface area contributed by atoms with Gasteiger partial charge in [0.15, 0.2) is 0 Å². The third-order valence-electron chi connectivity index (χ3n) is 14.8. The number of carbonyl (C=O) groups excluding carboxylic acids is 7. The summed E-state index contributed by atoms with van der Waals surface area (Å²) in [4.78, 5) is 104. The number of aromatic nitrogens is 4. The molecule has 4 aliphatic rings. The molecule has 6 amide bonds. The maximum Gasteiger partial charge on any atom is 0.309 e. The average molecular weight is 1050 g/mol. The van der Waals surface area contributed by atoms with Gasteiger partial charge in [-0.3, -0.25) is 33.6 Å². The molecule has 0 radical (unpaired) electrons. The van der Waals surface area contributed by atoms with Crippen LogP contribution in [0.15, 0.2) is 128 Å². The summed E-state index contributed by atoms with van der Waals surface area (Å²) in [7, 11) is 1.73. The van der Waals surface area contributed by atoms with Crippen molar-refractivity contribution >= 4 is 41.4 Å². The molecule has 77 heavy (non-hydrogen) atoms. The number of aryl methyl sites for hydroxylation is 4. The molecule has 0 bridgehead atoms. The minimum Gasteiger partial charge on any atom is -0.466 e. The Morgan fingerprint density at radius 1 is 0.636 bits per heavy atom. The summed E-state index contributed by atoms with van der Waals surface area (Å²) in [5.74, 6) is -1.07. The monoisotopic (exact) mass is 1050 g/mol. The number of hydrogen-bond donors (Lipinski definition) is 2. The van der Waals surface area contributed by atoms with Crippen LogP contribution in [-0.2, 0) is 64.2 Å². The number of nitrogens with one attached hydrogen (secondary N) is 2. The second kappa shape index (κ2) is 25.9. The molecule has 1 saturated carbocycles. The van der Waals surface area contributed by atoms with Crippen LogP contribution in [0.5, 0.6) is 0 Å². The molecule has 410 valence electrons. The third-order valence-corrected chi connectivity index (χ3v) is 14.8. The SMILES string of the molecule is CC1(C)NC(=O)C(c2ccccc2)N(CCCn2ccnc2)C1=O.CC1C(=O)N(CCCn2ccnc2)C(CCc2ccccc2)C(=O)N1C.CCOC(=O)C1CC1C1C(=O)NC(C)(C)C(=O)N1CCCc1ccccc1. The molecular weight excluding hydrogens is 977 g/mol. The summed E-state index contributed by atoms with van der Waals surface area (Å²) in [5.41, 5.74) is 1.43. The number of likely N-dealkylation sites (N-methyl/N-ethyl adjacent to an activating group) is 1. The molecule has 2 aromatic heterocycles. The highest BCUT2D eigenvalue weighted by Gasteiger charge is 2.58. The van der Waals surface area contributed by atoms with E-state index in [9.17, 15) is 33.6 Å². The molecule has 2 N–H and O–H groups in total. The normalized spacial score (nSPS) is 22.5. The van der Waals surface area contributed by atoms with E-state index < -0.39 is 29.2 Å². The quantitative estimate of drug-likeness (QED) is 0.0976. The summed E-state index contributed by atoms with van der Waals surface area (Å²) in [6.45, 7) is 14.0. The van der Waals surface area contributed by atoms with E-state index in [4.69, 9.17) is 4.74 Å². The maximum absolute atomic E-state index is 13.0. The van der Waals surface area contributed by atoms with Crippen LogP contribution in [0, 0.1) is 11.8 Å². The van der Waals surface area contributed by atoms with E-state index in [0.29, 0.717) is 39.1 Å². The van der Waals surface area contributed by atoms with E-state index in [0.717, 1.165) is 50.8 Å². The first-order chi connectivity index (χ1) is 36.9. The summed E-state index contributed by atoms with van der Waals surface area (Å²) in [5, 5.41) is 5.67. The zero-order chi connectivity index (χ0) is 55.3. The minimum atomic E-state index is -0.922. The number of benzene rings is 3. The van der Waals surface area contributed by atoms with Gasteiger partial charge in [-0.25, -0.2) is 9.97 Å². The summed E-state index contributed by atoms with van der Waals surface area (Å²) < 4.78 is 9.05. The predicted molar refractivity (Wildman–Crippen MR) is 290 cm³/mol. The molecule has 6 unspecified atom stereocenters. The smallest absolute Gasteiger partial charge is 0.309 e. The third kappa shape index (κ3) is 14.4. The molecule has 18 nitrogen and oxygen atoms in total. The fourth-order valence-electron chi connectivity index (χ4n) is 10.5. The van der Waals surface area contributed by atoms with Crippen LogP contribution < -0.4 is 10.6 Å². The van der Waals surface area contributed by atoms with Crippen LogP contribution in [0.25, 0.3) is 0 Å². The van der Waals surface area contributed by atoms with Gasteiger partial charge < -0.3 is 44.1 Å². The van der Waals surface area contributed by atoms with Crippen molar-refractivity contribution < 1.29 is 38.3 Å². The van der Waals surface area contributed by atoms with Crippen LogP contribution >= 0.6 is 0 Å². The summed E-state index contributed by atoms with van der Waals surface area (Å²) >= 11 is 0. The van der Waals surface area contributed by atoms with Gasteiger partial charge in [-0.1, -0.05) is 91.0 Å². The van der Waals surface area contributed by atoms with Crippen LogP contribution in [0.4, 0.5) is 0 Å². The Morgan fingerprint density at radius 2 is 1.14 bits per heavy atom. The van der Waals surface area contributed by atoms with E-state index in [2.05, 4.69) is 44.9 Å². The first-order valence-electron chi connectivity index (χ1n) is 27.0. The number of amides is 6. The molecule has 5 aromatic rings. The predicted octanol–water partition coefficient (Wildman–Crippen LogP) is 5.64. The van der Waals surface area contributed by atoms with E-state index >= 15 is 0 Å². The molecular formula is C59H76N10O8. The lowest BCUT2D eigenvalue weighted by Gasteiger charge is -2.43. The van der Waals surface area contributed by atoms with Crippen molar-refractivity contribution in [1.82, 2.24) is 49.3 Å². The average Bonchev–Trinajstić information content (AvgIpc) is 3.82. The molecule has 9 rings (SSSR count). The van der Waals surface area contributed by atoms with Crippen LogP contribution in [0.1, 0.15) is 96.4 Å². The number of rotatable bonds is 19. The summed E-state index contributed by atoms with van der Waals surface area (Å²) in [6.07, 6.45) is 16.0. The second-order valence-electron chi connectivity index (χ2n) is 21.3. The van der Waals surface area contributed by atoms with E-state index in [1.807, 2.05) is 88.3 Å². The van der Waals surface area contributed by atoms with Gasteiger partial charge in [-0.2, -0.15) is 0 Å². The van der Waals surface area contributed by atoms with Gasteiger partial charge in [0.2, 0.25) is 35.4 Å². The Bertz CT molecular complexity index is 2750. The number of hydrogen-bond acceptors (Lipinski definition) is 10. The van der Waals surface area contributed by atoms with Gasteiger partial charge in [-0.15, -0.1) is 0 Å². The molecule has 5 heterocycles. The minimum absolute atomic E-state index is 0.0376. The van der Waals surface area contributed by atoms with Gasteiger partial charge >= 0.3 is 5.97 Å². The highest BCUT2D eigenvalue weighted by atomic mass is 16.5. The largest absolute Gasteiger partial charge is 0.466 e. The molecule has 1 aliphatic carbocycles. The topological polar surface area (TPSA) is 201 Å². The van der Waals surface area contributed by atoms with Crippen molar-refractivity contribution in [2.45, 2.75) is 135 Å². The zero-order valence-electron chi connectivity index (χ0n) is 45.6. The van der Waals surface area contributed by atoms with Gasteiger partial charge in [0.05, 0.1) is 25.2 Å². The van der Waals surface area contributed by atoms with Crippen molar-refractivity contribution in [2.24, 2.45) is 11.8 Å². The Morgan fingerprint density at radius 3 is 1.69 bits per heavy atom. The number of ether oxygens (including phenoxy) is 1. The molecule has 0 spiro atoms. The van der Waals surface area contributed by atoms with Crippen LogP contribution in [0.2, 0.25) is 0 Å². The lowest BCUT2D eigenvalue weighted by molar-refractivity contribution is -0.159. The van der Waals surface area contributed by atoms with Gasteiger partial charge in [0.1, 0.15) is 35.2 Å². The van der Waals surface area contributed by atoms with Crippen molar-refractivity contribution in [3.05, 3.63) is 145 Å². The number of carbonyl (C=O) groups is 7. The van der Waals surface area contributed by atoms with Crippen molar-refractivity contribution in [3.8, 4) is 0 Å². The van der Waals surface area contributed by atoms with Crippen LogP contribution in [-0.4, -0.2) is 143 Å². The lowest BCUT2D eigenvalue weighted by atomic mass is 9.93. The van der Waals surface area contributed by atoms with Crippen LogP contribution in [0.3, 0.4) is 0 Å². The number of piperazine rings is 3. The molecule has 3 saturated heterocycles. The Balaban J connectivity index is 0.000000168. The highest BCUT2D eigenvalue weighted by Crippen LogP contribution is 2.45. The van der Waals surface area contributed by atoms with Gasteiger partial charge in [0, 0.05) is 70.5 Å². The highest BCUT2D eigenvalue weighted by molar-refractivity contribution is 6.01. The molecule has 6 atom stereocenters. The van der Waals surface area contributed by atoms with Crippen molar-refractivity contribution in [2.75, 3.05) is 33.3 Å². The standard InChI is InChI=1S/C21H28N2O4.C20H26N4O2.C18H22N4O2/c1-4-27-19(25)16-13-15(16)17-18(24)22-21(2,3)20(26)23(17)12-8-11-14-9-6-5-7-10-14;1-16-19(25)24(13-6-12-23-14-11-21-15-23)18(20(26)22(16)2)10-9-17-7-4-3-5-8-17;1-18(2)17(24)22(11-6-10-21-12-9-19-13-21)15(16(23)20-18)14-7-4-3-5-8-14/h5-7,9-10,15-17H,4,8,11-13H2,1-3H3,(H,22,24);3-5,7-8,11,14-16,18H,6,9-10,12-13H2,1-2H3;3-5,7-9,12-13,15H,6,10-11H2,1-2H3,(H,20,23). The fraction of sp³-hybridized carbons (Fsp3) is 0.475. The van der Waals surface area contributed by atoms with Crippen molar-refractivity contribution in [1.29, 1.82) is 0 Å². The van der Waals surface area contributed by atoms with Gasteiger partial charge in [-0.05, 0) is 103 Å². The Kier molecular flexibility index (Phi) is 19.2.